The number of hydrogen-bond donors (Lipinski definition) is 2. The first-order chi connectivity index (χ1) is 9.31. The maximum Gasteiger partial charge on any atom is 0.244 e. The molecule has 3 N–H and O–H groups in total. The Bertz CT molecular complexity index is 398. The van der Waals surface area contributed by atoms with Gasteiger partial charge in [0.1, 0.15) is 5.82 Å². The molecule has 0 amide bonds. The minimum Gasteiger partial charge on any atom is -0.338 e. The van der Waals surface area contributed by atoms with Crippen molar-refractivity contribution in [2.45, 2.75) is 38.1 Å². The Morgan fingerprint density at radius 3 is 2.84 bits per heavy atom. The van der Waals surface area contributed by atoms with Crippen LogP contribution < -0.4 is 10.6 Å². The summed E-state index contributed by atoms with van der Waals surface area (Å²) in [6, 6.07) is 0.264. The summed E-state index contributed by atoms with van der Waals surface area (Å²) in [5, 5.41) is 7.41. The molecule has 3 rings (SSSR count). The molecule has 1 aromatic rings. The first-order valence-electron chi connectivity index (χ1n) is 7.45. The highest BCUT2D eigenvalue weighted by Gasteiger charge is 2.20. The Morgan fingerprint density at radius 1 is 1.21 bits per heavy atom. The summed E-state index contributed by atoms with van der Waals surface area (Å²) in [6.45, 7) is 5.47. The quantitative estimate of drug-likeness (QED) is 0.822. The van der Waals surface area contributed by atoms with Gasteiger partial charge in [-0.1, -0.05) is 0 Å². The lowest BCUT2D eigenvalue weighted by molar-refractivity contribution is 0.341. The van der Waals surface area contributed by atoms with Crippen LogP contribution in [-0.4, -0.2) is 58.8 Å². The van der Waals surface area contributed by atoms with Gasteiger partial charge in [0.15, 0.2) is 0 Å². The van der Waals surface area contributed by atoms with Gasteiger partial charge in [-0.15, -0.1) is 5.10 Å². The summed E-state index contributed by atoms with van der Waals surface area (Å²) < 4.78 is 0. The molecule has 1 unspecified atom stereocenters. The number of piperidine rings is 1. The third-order valence-electron chi connectivity index (χ3n) is 4.12. The van der Waals surface area contributed by atoms with E-state index in [0.29, 0.717) is 0 Å². The zero-order valence-corrected chi connectivity index (χ0v) is 11.5. The van der Waals surface area contributed by atoms with Crippen molar-refractivity contribution in [1.82, 2.24) is 20.1 Å². The zero-order chi connectivity index (χ0) is 13.1. The molecule has 2 aliphatic heterocycles. The summed E-state index contributed by atoms with van der Waals surface area (Å²) in [5.41, 5.74) is 6.00. The topological polar surface area (TPSA) is 74.1 Å². The van der Waals surface area contributed by atoms with E-state index in [-0.39, 0.29) is 6.04 Å². The number of aromatic nitrogens is 3. The van der Waals surface area contributed by atoms with Crippen molar-refractivity contribution < 1.29 is 0 Å². The standard InChI is InChI=1S/C13H24N6/c14-11-4-3-8-19(10-11)13-15-12(16-17-13)5-9-18-6-1-2-7-18/h11H,1-10,14H2,(H,15,16,17). The van der Waals surface area contributed by atoms with Gasteiger partial charge in [-0.3, -0.25) is 5.10 Å². The van der Waals surface area contributed by atoms with E-state index >= 15 is 0 Å². The fraction of sp³-hybridized carbons (Fsp3) is 0.846. The monoisotopic (exact) mass is 264 g/mol. The molecule has 106 valence electrons. The van der Waals surface area contributed by atoms with Crippen molar-refractivity contribution in [3.05, 3.63) is 5.82 Å². The molecule has 2 fully saturated rings. The fourth-order valence-corrected chi connectivity index (χ4v) is 3.00. The second-order valence-electron chi connectivity index (χ2n) is 5.73. The average molecular weight is 264 g/mol. The molecular formula is C13H24N6. The molecular weight excluding hydrogens is 240 g/mol. The summed E-state index contributed by atoms with van der Waals surface area (Å²) in [5.74, 6) is 1.83. The van der Waals surface area contributed by atoms with Crippen LogP contribution in [0.15, 0.2) is 0 Å². The van der Waals surface area contributed by atoms with Crippen molar-refractivity contribution in [3.63, 3.8) is 0 Å². The number of likely N-dealkylation sites (tertiary alicyclic amines) is 1. The average Bonchev–Trinajstić information content (AvgIpc) is 3.08. The Hall–Kier alpha value is -1.14. The van der Waals surface area contributed by atoms with Crippen LogP contribution in [0.25, 0.3) is 0 Å². The van der Waals surface area contributed by atoms with E-state index in [0.717, 1.165) is 50.7 Å². The number of aromatic amines is 1. The van der Waals surface area contributed by atoms with Crippen LogP contribution in [0.2, 0.25) is 0 Å². The largest absolute Gasteiger partial charge is 0.338 e. The van der Waals surface area contributed by atoms with Gasteiger partial charge < -0.3 is 15.5 Å². The van der Waals surface area contributed by atoms with Gasteiger partial charge in [-0.2, -0.15) is 4.98 Å². The molecule has 3 heterocycles. The predicted molar refractivity (Wildman–Crippen MR) is 75.2 cm³/mol. The Balaban J connectivity index is 1.53. The normalized spacial score (nSPS) is 25.1. The van der Waals surface area contributed by atoms with Crippen LogP contribution in [-0.2, 0) is 6.42 Å². The smallest absolute Gasteiger partial charge is 0.244 e. The van der Waals surface area contributed by atoms with E-state index in [1.54, 1.807) is 0 Å². The molecule has 1 aromatic heterocycles. The highest BCUT2D eigenvalue weighted by atomic mass is 15.4. The summed E-state index contributed by atoms with van der Waals surface area (Å²) >= 11 is 0. The number of nitrogens with one attached hydrogen (secondary N) is 1. The minimum atomic E-state index is 0.264. The number of nitrogens with zero attached hydrogens (tertiary/aromatic N) is 4. The summed E-state index contributed by atoms with van der Waals surface area (Å²) in [6.07, 6.45) is 5.90. The van der Waals surface area contributed by atoms with E-state index in [1.807, 2.05) is 0 Å². The predicted octanol–water partition coefficient (Wildman–Crippen LogP) is 0.371. The molecule has 0 spiro atoms. The molecule has 6 heteroatoms. The van der Waals surface area contributed by atoms with Crippen molar-refractivity contribution in [3.8, 4) is 0 Å². The maximum absolute atomic E-state index is 6.00. The molecule has 19 heavy (non-hydrogen) atoms. The first kappa shape index (κ1) is 12.9. The molecule has 0 saturated carbocycles. The van der Waals surface area contributed by atoms with E-state index in [1.165, 1.54) is 25.9 Å². The van der Waals surface area contributed by atoms with Crippen LogP contribution in [0, 0.1) is 0 Å². The van der Waals surface area contributed by atoms with E-state index in [4.69, 9.17) is 5.73 Å². The van der Waals surface area contributed by atoms with Crippen LogP contribution in [0.5, 0.6) is 0 Å². The van der Waals surface area contributed by atoms with E-state index in [9.17, 15) is 0 Å². The highest BCUT2D eigenvalue weighted by molar-refractivity contribution is 5.29. The van der Waals surface area contributed by atoms with Gasteiger partial charge in [-0.05, 0) is 38.8 Å². The zero-order valence-electron chi connectivity index (χ0n) is 11.5. The molecule has 6 nitrogen and oxygen atoms in total. The van der Waals surface area contributed by atoms with Crippen LogP contribution >= 0.6 is 0 Å². The molecule has 2 saturated heterocycles. The molecule has 0 aliphatic carbocycles. The van der Waals surface area contributed by atoms with Crippen LogP contribution in [0.4, 0.5) is 5.95 Å². The van der Waals surface area contributed by atoms with Crippen molar-refractivity contribution in [2.75, 3.05) is 37.6 Å². The molecule has 0 radical (unpaired) electrons. The molecule has 1 atom stereocenters. The SMILES string of the molecule is NC1CCCN(c2n[nH]c(CCN3CCCC3)n2)C1. The van der Waals surface area contributed by atoms with Gasteiger partial charge >= 0.3 is 0 Å². The van der Waals surface area contributed by atoms with Gasteiger partial charge in [0, 0.05) is 32.1 Å². The Labute approximate surface area is 114 Å². The number of anilines is 1. The second kappa shape index (κ2) is 5.88. The third-order valence-corrected chi connectivity index (χ3v) is 4.12. The molecule has 2 aliphatic rings. The second-order valence-corrected chi connectivity index (χ2v) is 5.73. The molecule has 0 aromatic carbocycles. The molecule has 0 bridgehead atoms. The third kappa shape index (κ3) is 3.25. The lowest BCUT2D eigenvalue weighted by Crippen LogP contribution is -2.43. The fourth-order valence-electron chi connectivity index (χ4n) is 3.00. The number of hydrogen-bond acceptors (Lipinski definition) is 5. The van der Waals surface area contributed by atoms with E-state index in [2.05, 4.69) is 25.0 Å². The number of nitrogens with two attached hydrogens (primary N) is 1. The summed E-state index contributed by atoms with van der Waals surface area (Å²) in [7, 11) is 0. The van der Waals surface area contributed by atoms with Crippen LogP contribution in [0.3, 0.4) is 0 Å². The highest BCUT2D eigenvalue weighted by Crippen LogP contribution is 2.15. The Kier molecular flexibility index (Phi) is 3.98. The minimum absolute atomic E-state index is 0.264. The van der Waals surface area contributed by atoms with Crippen molar-refractivity contribution in [1.29, 1.82) is 0 Å². The van der Waals surface area contributed by atoms with Crippen molar-refractivity contribution in [2.24, 2.45) is 5.73 Å². The van der Waals surface area contributed by atoms with E-state index < -0.39 is 0 Å². The van der Waals surface area contributed by atoms with Gasteiger partial charge in [0.2, 0.25) is 5.95 Å². The maximum atomic E-state index is 6.00. The first-order valence-corrected chi connectivity index (χ1v) is 7.45. The number of rotatable bonds is 4. The number of H-pyrrole nitrogens is 1. The van der Waals surface area contributed by atoms with Gasteiger partial charge in [0.25, 0.3) is 0 Å². The Morgan fingerprint density at radius 2 is 2.05 bits per heavy atom. The van der Waals surface area contributed by atoms with Crippen LogP contribution in [0.1, 0.15) is 31.5 Å². The lowest BCUT2D eigenvalue weighted by atomic mass is 10.1. The summed E-state index contributed by atoms with van der Waals surface area (Å²) in [4.78, 5) is 9.30. The van der Waals surface area contributed by atoms with Gasteiger partial charge in [-0.25, -0.2) is 0 Å². The van der Waals surface area contributed by atoms with Crippen molar-refractivity contribution >= 4 is 5.95 Å². The lowest BCUT2D eigenvalue weighted by Gasteiger charge is -2.29. The van der Waals surface area contributed by atoms with Gasteiger partial charge in [0.05, 0.1) is 0 Å².